The number of aryl methyl sites for hydroxylation is 1. The van der Waals surface area contributed by atoms with Gasteiger partial charge < -0.3 is 5.11 Å². The summed E-state index contributed by atoms with van der Waals surface area (Å²) in [6.07, 6.45) is 5.98. The summed E-state index contributed by atoms with van der Waals surface area (Å²) < 4.78 is 0. The van der Waals surface area contributed by atoms with Gasteiger partial charge in [-0.1, -0.05) is 61.2 Å². The summed E-state index contributed by atoms with van der Waals surface area (Å²) in [7, 11) is 0. The van der Waals surface area contributed by atoms with E-state index in [-0.39, 0.29) is 0 Å². The second kappa shape index (κ2) is 6.73. The first-order chi connectivity index (χ1) is 10.0. The van der Waals surface area contributed by atoms with Crippen LogP contribution in [0.3, 0.4) is 0 Å². The monoisotopic (exact) mass is 279 g/mol. The predicted molar refractivity (Wildman–Crippen MR) is 89.9 cm³/mol. The van der Waals surface area contributed by atoms with Crippen molar-refractivity contribution in [2.75, 3.05) is 0 Å². The molecule has 1 N–H and O–H groups in total. The predicted octanol–water partition coefficient (Wildman–Crippen LogP) is 4.74. The molecule has 0 saturated heterocycles. The maximum atomic E-state index is 10.2. The standard InChI is InChI=1S/C20H23O/c1-4-16-10-5-6-11-17(16)13-9-14-18-12-7-8-15-19(18)20(2,3)21/h4-8,10-13,15,21H,1,9,14H2,2-3H3. The molecule has 0 bridgehead atoms. The van der Waals surface area contributed by atoms with E-state index in [0.29, 0.717) is 0 Å². The zero-order chi connectivity index (χ0) is 15.3. The van der Waals surface area contributed by atoms with Gasteiger partial charge in [-0.05, 0) is 55.4 Å². The normalized spacial score (nSPS) is 11.4. The fraction of sp³-hybridized carbons (Fsp3) is 0.250. The molecule has 1 heteroatoms. The third kappa shape index (κ3) is 4.05. The minimum Gasteiger partial charge on any atom is -0.386 e. The van der Waals surface area contributed by atoms with Crippen LogP contribution in [-0.4, -0.2) is 5.11 Å². The van der Waals surface area contributed by atoms with Crippen molar-refractivity contribution in [3.8, 4) is 0 Å². The Labute approximate surface area is 128 Å². The molecule has 0 heterocycles. The molecule has 2 aromatic rings. The van der Waals surface area contributed by atoms with Crippen LogP contribution in [0.15, 0.2) is 55.1 Å². The van der Waals surface area contributed by atoms with Crippen molar-refractivity contribution < 1.29 is 5.11 Å². The van der Waals surface area contributed by atoms with E-state index < -0.39 is 5.60 Å². The second-order valence-corrected chi connectivity index (χ2v) is 5.79. The van der Waals surface area contributed by atoms with E-state index >= 15 is 0 Å². The lowest BCUT2D eigenvalue weighted by Gasteiger charge is -2.21. The van der Waals surface area contributed by atoms with Crippen LogP contribution in [0, 0.1) is 6.42 Å². The van der Waals surface area contributed by atoms with Crippen molar-refractivity contribution >= 4 is 6.08 Å². The largest absolute Gasteiger partial charge is 0.386 e. The fourth-order valence-corrected chi connectivity index (χ4v) is 2.60. The molecule has 0 saturated carbocycles. The average molecular weight is 279 g/mol. The molecule has 0 spiro atoms. The number of hydrogen-bond acceptors (Lipinski definition) is 1. The van der Waals surface area contributed by atoms with Crippen LogP contribution in [0.5, 0.6) is 0 Å². The summed E-state index contributed by atoms with van der Waals surface area (Å²) in [4.78, 5) is 0. The van der Waals surface area contributed by atoms with E-state index in [9.17, 15) is 5.11 Å². The minimum atomic E-state index is -0.796. The highest BCUT2D eigenvalue weighted by Crippen LogP contribution is 2.25. The lowest BCUT2D eigenvalue weighted by Crippen LogP contribution is -2.17. The lowest BCUT2D eigenvalue weighted by molar-refractivity contribution is 0.0776. The van der Waals surface area contributed by atoms with Gasteiger partial charge >= 0.3 is 0 Å². The highest BCUT2D eigenvalue weighted by atomic mass is 16.3. The van der Waals surface area contributed by atoms with Crippen LogP contribution in [0.4, 0.5) is 0 Å². The summed E-state index contributed by atoms with van der Waals surface area (Å²) in [5.74, 6) is 0. The quantitative estimate of drug-likeness (QED) is 0.809. The Morgan fingerprint density at radius 1 is 1.00 bits per heavy atom. The molecule has 2 rings (SSSR count). The molecule has 0 aliphatic rings. The molecule has 0 aliphatic carbocycles. The number of aliphatic hydroxyl groups is 1. The SMILES string of the molecule is C=Cc1ccccc1[CH]CCc1ccccc1C(C)(C)O. The molecule has 0 atom stereocenters. The third-order valence-electron chi connectivity index (χ3n) is 3.67. The molecule has 1 nitrogen and oxygen atoms in total. The topological polar surface area (TPSA) is 20.2 Å². The van der Waals surface area contributed by atoms with Gasteiger partial charge in [0.2, 0.25) is 0 Å². The first-order valence-corrected chi connectivity index (χ1v) is 7.38. The van der Waals surface area contributed by atoms with Gasteiger partial charge in [-0.25, -0.2) is 0 Å². The highest BCUT2D eigenvalue weighted by molar-refractivity contribution is 5.54. The zero-order valence-electron chi connectivity index (χ0n) is 12.8. The summed E-state index contributed by atoms with van der Waals surface area (Å²) in [5.41, 5.74) is 3.80. The van der Waals surface area contributed by atoms with Crippen LogP contribution < -0.4 is 0 Å². The van der Waals surface area contributed by atoms with Gasteiger partial charge in [0.1, 0.15) is 0 Å². The van der Waals surface area contributed by atoms with Gasteiger partial charge in [-0.2, -0.15) is 0 Å². The van der Waals surface area contributed by atoms with Gasteiger partial charge in [-0.15, -0.1) is 0 Å². The molecule has 0 fully saturated rings. The van der Waals surface area contributed by atoms with Crippen molar-refractivity contribution in [3.05, 3.63) is 83.8 Å². The number of benzene rings is 2. The van der Waals surface area contributed by atoms with Crippen molar-refractivity contribution in [1.82, 2.24) is 0 Å². The Hall–Kier alpha value is -1.86. The molecule has 109 valence electrons. The van der Waals surface area contributed by atoms with Crippen molar-refractivity contribution in [1.29, 1.82) is 0 Å². The Bertz CT molecular complexity index is 605. The van der Waals surface area contributed by atoms with E-state index in [1.165, 1.54) is 11.1 Å². The van der Waals surface area contributed by atoms with E-state index in [0.717, 1.165) is 24.0 Å². The Morgan fingerprint density at radius 2 is 1.62 bits per heavy atom. The maximum Gasteiger partial charge on any atom is 0.0843 e. The molecule has 2 aromatic carbocycles. The third-order valence-corrected chi connectivity index (χ3v) is 3.67. The zero-order valence-corrected chi connectivity index (χ0v) is 12.8. The van der Waals surface area contributed by atoms with Crippen LogP contribution in [0.25, 0.3) is 6.08 Å². The first-order valence-electron chi connectivity index (χ1n) is 7.38. The van der Waals surface area contributed by atoms with Gasteiger partial charge in [0.15, 0.2) is 0 Å². The van der Waals surface area contributed by atoms with Crippen LogP contribution in [0.2, 0.25) is 0 Å². The van der Waals surface area contributed by atoms with Crippen LogP contribution in [-0.2, 0) is 12.0 Å². The number of hydrogen-bond donors (Lipinski definition) is 1. The molecule has 0 aromatic heterocycles. The maximum absolute atomic E-state index is 10.2. The summed E-state index contributed by atoms with van der Waals surface area (Å²) in [5, 5.41) is 10.2. The van der Waals surface area contributed by atoms with E-state index in [1.807, 2.05) is 50.3 Å². The van der Waals surface area contributed by atoms with Crippen LogP contribution in [0.1, 0.15) is 42.5 Å². The minimum absolute atomic E-state index is 0.796. The fourth-order valence-electron chi connectivity index (χ4n) is 2.60. The summed E-state index contributed by atoms with van der Waals surface area (Å²) in [6, 6.07) is 16.4. The van der Waals surface area contributed by atoms with Crippen molar-refractivity contribution in [2.24, 2.45) is 0 Å². The van der Waals surface area contributed by atoms with Crippen molar-refractivity contribution in [2.45, 2.75) is 32.3 Å². The molecular formula is C20H23O. The van der Waals surface area contributed by atoms with E-state index in [4.69, 9.17) is 0 Å². The van der Waals surface area contributed by atoms with E-state index in [1.54, 1.807) is 0 Å². The highest BCUT2D eigenvalue weighted by Gasteiger charge is 2.18. The molecule has 1 radical (unpaired) electrons. The molecular weight excluding hydrogens is 256 g/mol. The summed E-state index contributed by atoms with van der Waals surface area (Å²) in [6.45, 7) is 7.52. The second-order valence-electron chi connectivity index (χ2n) is 5.79. The van der Waals surface area contributed by atoms with Gasteiger partial charge in [0.05, 0.1) is 5.60 Å². The number of rotatable bonds is 6. The van der Waals surface area contributed by atoms with Crippen LogP contribution >= 0.6 is 0 Å². The summed E-state index contributed by atoms with van der Waals surface area (Å²) >= 11 is 0. The van der Waals surface area contributed by atoms with Gasteiger partial charge in [0, 0.05) is 0 Å². The molecule has 0 aliphatic heterocycles. The average Bonchev–Trinajstić information content (AvgIpc) is 2.47. The first kappa shape index (κ1) is 15.5. The van der Waals surface area contributed by atoms with Gasteiger partial charge in [-0.3, -0.25) is 0 Å². The lowest BCUT2D eigenvalue weighted by atomic mass is 9.90. The smallest absolute Gasteiger partial charge is 0.0843 e. The Kier molecular flexibility index (Phi) is 4.98. The van der Waals surface area contributed by atoms with Gasteiger partial charge in [0.25, 0.3) is 0 Å². The van der Waals surface area contributed by atoms with Crippen molar-refractivity contribution in [3.63, 3.8) is 0 Å². The molecule has 0 amide bonds. The molecule has 0 unspecified atom stereocenters. The van der Waals surface area contributed by atoms with E-state index in [2.05, 4.69) is 31.2 Å². The Morgan fingerprint density at radius 3 is 2.29 bits per heavy atom. The molecule has 21 heavy (non-hydrogen) atoms. The Balaban J connectivity index is 2.06.